The second-order valence-corrected chi connectivity index (χ2v) is 4.00. The molecule has 0 aliphatic carbocycles. The zero-order valence-corrected chi connectivity index (χ0v) is 11.0. The van der Waals surface area contributed by atoms with Gasteiger partial charge in [-0.1, -0.05) is 0 Å². The molecule has 1 aromatic carbocycles. The van der Waals surface area contributed by atoms with Crippen LogP contribution in [0.3, 0.4) is 0 Å². The van der Waals surface area contributed by atoms with Gasteiger partial charge in [-0.3, -0.25) is 4.79 Å². The van der Waals surface area contributed by atoms with Crippen LogP contribution in [-0.4, -0.2) is 12.6 Å². The molecule has 0 aliphatic rings. The summed E-state index contributed by atoms with van der Waals surface area (Å²) in [5.74, 6) is -0.759. The number of halogens is 3. The van der Waals surface area contributed by atoms with Crippen LogP contribution in [-0.2, 0) is 21.8 Å². The van der Waals surface area contributed by atoms with Gasteiger partial charge in [-0.05, 0) is 30.2 Å². The van der Waals surface area contributed by atoms with E-state index in [0.717, 1.165) is 0 Å². The quantitative estimate of drug-likeness (QED) is 0.616. The number of nitrogens with zero attached hydrogens (tertiary/aromatic N) is 1. The molecule has 19 heavy (non-hydrogen) atoms. The minimum atomic E-state index is -2.76. The molecule has 0 aromatic heterocycles. The van der Waals surface area contributed by atoms with E-state index >= 15 is 0 Å². The van der Waals surface area contributed by atoms with Crippen molar-refractivity contribution < 1.29 is 18.3 Å². The van der Waals surface area contributed by atoms with Crippen molar-refractivity contribution in [1.82, 2.24) is 0 Å². The van der Waals surface area contributed by atoms with Crippen molar-refractivity contribution in [2.75, 3.05) is 6.61 Å². The summed E-state index contributed by atoms with van der Waals surface area (Å²) in [5, 5.41) is 8.85. The van der Waals surface area contributed by atoms with Crippen LogP contribution in [0.4, 0.5) is 8.78 Å². The molecule has 0 N–H and O–H groups in total. The smallest absolute Gasteiger partial charge is 0.310 e. The van der Waals surface area contributed by atoms with E-state index in [-0.39, 0.29) is 41.2 Å². The number of nitriles is 1. The van der Waals surface area contributed by atoms with E-state index < -0.39 is 12.4 Å². The van der Waals surface area contributed by atoms with Crippen molar-refractivity contribution in [3.05, 3.63) is 34.4 Å². The van der Waals surface area contributed by atoms with Crippen LogP contribution in [0.1, 0.15) is 35.6 Å². The SMILES string of the molecule is CCOC(=O)Cc1cc(C#N)cc(CCl)c1C(F)F. The van der Waals surface area contributed by atoms with Crippen molar-refractivity contribution in [3.8, 4) is 6.07 Å². The van der Waals surface area contributed by atoms with Crippen molar-refractivity contribution in [2.45, 2.75) is 25.7 Å². The van der Waals surface area contributed by atoms with Crippen molar-refractivity contribution in [2.24, 2.45) is 0 Å². The van der Waals surface area contributed by atoms with Gasteiger partial charge in [0.05, 0.1) is 24.7 Å². The van der Waals surface area contributed by atoms with Crippen LogP contribution in [0.25, 0.3) is 0 Å². The van der Waals surface area contributed by atoms with E-state index in [1.165, 1.54) is 12.1 Å². The number of benzene rings is 1. The van der Waals surface area contributed by atoms with Gasteiger partial charge in [0, 0.05) is 11.4 Å². The highest BCUT2D eigenvalue weighted by molar-refractivity contribution is 6.17. The highest BCUT2D eigenvalue weighted by Gasteiger charge is 2.20. The number of ether oxygens (including phenoxy) is 1. The summed E-state index contributed by atoms with van der Waals surface area (Å²) < 4.78 is 30.8. The summed E-state index contributed by atoms with van der Waals surface area (Å²) in [7, 11) is 0. The standard InChI is InChI=1S/C13H12ClF2NO2/c1-2-19-11(18)5-9-3-8(7-17)4-10(6-14)12(9)13(15)16/h3-4,13H,2,5-6H2,1H3. The highest BCUT2D eigenvalue weighted by atomic mass is 35.5. The lowest BCUT2D eigenvalue weighted by Gasteiger charge is -2.13. The molecule has 0 fully saturated rings. The Bertz CT molecular complexity index is 512. The normalized spacial score (nSPS) is 10.3. The molecular weight excluding hydrogens is 276 g/mol. The van der Waals surface area contributed by atoms with Crippen molar-refractivity contribution in [1.29, 1.82) is 5.26 Å². The Morgan fingerprint density at radius 2 is 2.11 bits per heavy atom. The maximum atomic E-state index is 13.1. The Balaban J connectivity index is 3.26. The summed E-state index contributed by atoms with van der Waals surface area (Å²) in [5.41, 5.74) is 0.152. The zero-order valence-electron chi connectivity index (χ0n) is 10.3. The van der Waals surface area contributed by atoms with Gasteiger partial charge in [0.15, 0.2) is 0 Å². The number of hydrogen-bond acceptors (Lipinski definition) is 3. The molecular formula is C13H12ClF2NO2. The molecule has 102 valence electrons. The molecule has 0 amide bonds. The second kappa shape index (κ2) is 7.05. The third-order valence-corrected chi connectivity index (χ3v) is 2.77. The lowest BCUT2D eigenvalue weighted by Crippen LogP contribution is -2.11. The van der Waals surface area contributed by atoms with Gasteiger partial charge in [-0.15, -0.1) is 11.6 Å². The van der Waals surface area contributed by atoms with E-state index in [4.69, 9.17) is 21.6 Å². The Hall–Kier alpha value is -1.67. The fourth-order valence-corrected chi connectivity index (χ4v) is 1.97. The summed E-state index contributed by atoms with van der Waals surface area (Å²) in [6.07, 6.45) is -3.06. The average Bonchev–Trinajstić information content (AvgIpc) is 2.37. The molecule has 1 rings (SSSR count). The largest absolute Gasteiger partial charge is 0.466 e. The first-order chi connectivity index (χ1) is 9.03. The second-order valence-electron chi connectivity index (χ2n) is 3.74. The number of carbonyl (C=O) groups is 1. The fourth-order valence-electron chi connectivity index (χ4n) is 1.75. The first-order valence-electron chi connectivity index (χ1n) is 5.59. The Labute approximate surface area is 114 Å². The Morgan fingerprint density at radius 1 is 1.47 bits per heavy atom. The number of carbonyl (C=O) groups excluding carboxylic acids is 1. The molecule has 0 saturated carbocycles. The number of rotatable bonds is 5. The number of hydrogen-bond donors (Lipinski definition) is 0. The predicted molar refractivity (Wildman–Crippen MR) is 66.0 cm³/mol. The van der Waals surface area contributed by atoms with Crippen LogP contribution in [0.2, 0.25) is 0 Å². The summed E-state index contributed by atoms with van der Waals surface area (Å²) >= 11 is 5.62. The summed E-state index contributed by atoms with van der Waals surface area (Å²) in [6.45, 7) is 1.80. The van der Waals surface area contributed by atoms with E-state index in [2.05, 4.69) is 0 Å². The van der Waals surface area contributed by atoms with E-state index in [0.29, 0.717) is 0 Å². The summed E-state index contributed by atoms with van der Waals surface area (Å²) in [4.78, 5) is 11.4. The molecule has 6 heteroatoms. The van der Waals surface area contributed by atoms with Crippen LogP contribution in [0.5, 0.6) is 0 Å². The molecule has 0 saturated heterocycles. The minimum Gasteiger partial charge on any atom is -0.466 e. The Morgan fingerprint density at radius 3 is 2.58 bits per heavy atom. The average molecular weight is 288 g/mol. The maximum Gasteiger partial charge on any atom is 0.310 e. The summed E-state index contributed by atoms with van der Waals surface area (Å²) in [6, 6.07) is 4.44. The maximum absolute atomic E-state index is 13.1. The van der Waals surface area contributed by atoms with Crippen LogP contribution < -0.4 is 0 Å². The Kier molecular flexibility index (Phi) is 5.71. The van der Waals surface area contributed by atoms with E-state index in [9.17, 15) is 13.6 Å². The number of esters is 1. The lowest BCUT2D eigenvalue weighted by molar-refractivity contribution is -0.142. The lowest BCUT2D eigenvalue weighted by atomic mass is 9.97. The van der Waals surface area contributed by atoms with Gasteiger partial charge in [0.1, 0.15) is 0 Å². The molecule has 0 spiro atoms. The van der Waals surface area contributed by atoms with E-state index in [1.807, 2.05) is 6.07 Å². The number of alkyl halides is 3. The monoisotopic (exact) mass is 287 g/mol. The van der Waals surface area contributed by atoms with Gasteiger partial charge in [-0.2, -0.15) is 5.26 Å². The van der Waals surface area contributed by atoms with Gasteiger partial charge in [0.25, 0.3) is 6.43 Å². The van der Waals surface area contributed by atoms with E-state index in [1.54, 1.807) is 6.92 Å². The van der Waals surface area contributed by atoms with Gasteiger partial charge in [0.2, 0.25) is 0 Å². The molecule has 0 heterocycles. The van der Waals surface area contributed by atoms with Crippen molar-refractivity contribution in [3.63, 3.8) is 0 Å². The molecule has 1 aromatic rings. The highest BCUT2D eigenvalue weighted by Crippen LogP contribution is 2.30. The molecule has 0 bridgehead atoms. The third kappa shape index (κ3) is 3.90. The molecule has 0 radical (unpaired) electrons. The van der Waals surface area contributed by atoms with Gasteiger partial charge < -0.3 is 4.74 Å². The third-order valence-electron chi connectivity index (χ3n) is 2.48. The van der Waals surface area contributed by atoms with Crippen LogP contribution >= 0.6 is 11.6 Å². The molecule has 0 unspecified atom stereocenters. The molecule has 0 aliphatic heterocycles. The first kappa shape index (κ1) is 15.4. The minimum absolute atomic E-state index is 0.0863. The zero-order chi connectivity index (χ0) is 14.4. The van der Waals surface area contributed by atoms with Crippen LogP contribution in [0, 0.1) is 11.3 Å². The first-order valence-corrected chi connectivity index (χ1v) is 6.12. The van der Waals surface area contributed by atoms with Gasteiger partial charge in [-0.25, -0.2) is 8.78 Å². The van der Waals surface area contributed by atoms with Crippen LogP contribution in [0.15, 0.2) is 12.1 Å². The van der Waals surface area contributed by atoms with Crippen molar-refractivity contribution >= 4 is 17.6 Å². The fraction of sp³-hybridized carbons (Fsp3) is 0.385. The van der Waals surface area contributed by atoms with Gasteiger partial charge >= 0.3 is 5.97 Å². The topological polar surface area (TPSA) is 50.1 Å². The predicted octanol–water partition coefficient (Wildman–Crippen LogP) is 3.34. The molecule has 0 atom stereocenters. The molecule has 3 nitrogen and oxygen atoms in total.